The molecule has 1 aromatic heterocycles. The molecule has 0 bridgehead atoms. The smallest absolute Gasteiger partial charge is 0.334 e. The Morgan fingerprint density at radius 2 is 2.32 bits per heavy atom. The van der Waals surface area contributed by atoms with Crippen LogP contribution in [0.15, 0.2) is 6.07 Å². The number of aliphatic carboxylic acids is 1. The Kier molecular flexibility index (Phi) is 3.84. The first-order chi connectivity index (χ1) is 8.99. The minimum absolute atomic E-state index is 0.0536. The van der Waals surface area contributed by atoms with E-state index in [1.165, 1.54) is 4.90 Å². The van der Waals surface area contributed by atoms with Crippen molar-refractivity contribution in [2.24, 2.45) is 0 Å². The number of carboxylic acid groups (broad SMARTS) is 1. The number of morpholine rings is 1. The molecule has 1 aliphatic rings. The monoisotopic (exact) mass is 267 g/mol. The molecule has 0 aliphatic carbocycles. The molecular formula is C12H17N3O4. The fraction of sp³-hybridized carbons (Fsp3) is 0.583. The largest absolute Gasteiger partial charge is 0.479 e. The number of hydrogen-bond acceptors (Lipinski definition) is 4. The van der Waals surface area contributed by atoms with Crippen LogP contribution >= 0.6 is 0 Å². The van der Waals surface area contributed by atoms with Crippen molar-refractivity contribution < 1.29 is 19.4 Å². The molecule has 0 saturated carbocycles. The molecule has 2 N–H and O–H groups in total. The maximum Gasteiger partial charge on any atom is 0.334 e. The number of carbonyl (C=O) groups is 2. The number of nitrogens with one attached hydrogen (secondary N) is 1. The molecule has 7 heteroatoms. The van der Waals surface area contributed by atoms with Gasteiger partial charge >= 0.3 is 5.97 Å². The molecule has 7 nitrogen and oxygen atoms in total. The molecule has 104 valence electrons. The maximum absolute atomic E-state index is 12.2. The minimum atomic E-state index is -1.05. The van der Waals surface area contributed by atoms with Crippen molar-refractivity contribution in [3.8, 4) is 0 Å². The highest BCUT2D eigenvalue weighted by Crippen LogP contribution is 2.15. The molecule has 1 aliphatic heterocycles. The number of ether oxygens (including phenoxy) is 1. The van der Waals surface area contributed by atoms with E-state index in [0.29, 0.717) is 12.2 Å². The van der Waals surface area contributed by atoms with Crippen molar-refractivity contribution in [2.75, 3.05) is 19.7 Å². The van der Waals surface area contributed by atoms with Gasteiger partial charge in [0.25, 0.3) is 5.91 Å². The number of rotatable bonds is 3. The van der Waals surface area contributed by atoms with Crippen LogP contribution in [0.5, 0.6) is 0 Å². The molecule has 2 heterocycles. The van der Waals surface area contributed by atoms with Gasteiger partial charge in [-0.1, -0.05) is 13.8 Å². The van der Waals surface area contributed by atoms with E-state index in [1.54, 1.807) is 6.07 Å². The van der Waals surface area contributed by atoms with E-state index in [9.17, 15) is 9.59 Å². The van der Waals surface area contributed by atoms with E-state index in [2.05, 4.69) is 10.2 Å². The number of aromatic amines is 1. The number of carboxylic acids is 1. The number of amides is 1. The molecular weight excluding hydrogens is 250 g/mol. The zero-order valence-corrected chi connectivity index (χ0v) is 10.9. The van der Waals surface area contributed by atoms with Crippen molar-refractivity contribution >= 4 is 11.9 Å². The Balaban J connectivity index is 2.08. The Morgan fingerprint density at radius 3 is 2.89 bits per heavy atom. The van der Waals surface area contributed by atoms with Crippen LogP contribution in [0.25, 0.3) is 0 Å². The standard InChI is InChI=1S/C12H17N3O4/c1-7(2)8-5-9(14-13-8)11(16)15-3-4-19-10(6-15)12(17)18/h5,7,10H,3-4,6H2,1-2H3,(H,13,14)(H,17,18)/t10-/m1/s1. The van der Waals surface area contributed by atoms with Gasteiger partial charge in [0.2, 0.25) is 0 Å². The third kappa shape index (κ3) is 2.93. The van der Waals surface area contributed by atoms with Crippen LogP contribution in [0, 0.1) is 0 Å². The molecule has 19 heavy (non-hydrogen) atoms. The SMILES string of the molecule is CC(C)c1cc(C(=O)N2CCO[C@@H](C(=O)O)C2)n[nH]1. The van der Waals surface area contributed by atoms with Gasteiger partial charge in [0, 0.05) is 12.2 Å². The third-order valence-electron chi connectivity index (χ3n) is 3.07. The molecule has 1 saturated heterocycles. The molecule has 1 aromatic rings. The lowest BCUT2D eigenvalue weighted by molar-refractivity contribution is -0.154. The second kappa shape index (κ2) is 5.40. The van der Waals surface area contributed by atoms with Crippen LogP contribution in [-0.4, -0.2) is 57.9 Å². The van der Waals surface area contributed by atoms with Gasteiger partial charge in [-0.15, -0.1) is 0 Å². The van der Waals surface area contributed by atoms with Crippen LogP contribution in [-0.2, 0) is 9.53 Å². The summed E-state index contributed by atoms with van der Waals surface area (Å²) in [5.74, 6) is -1.06. The molecule has 0 spiro atoms. The van der Waals surface area contributed by atoms with Gasteiger partial charge in [0.15, 0.2) is 6.10 Å². The second-order valence-corrected chi connectivity index (χ2v) is 4.81. The summed E-state index contributed by atoms with van der Waals surface area (Å²) in [6.45, 7) is 4.66. The van der Waals surface area contributed by atoms with Gasteiger partial charge in [-0.2, -0.15) is 5.10 Å². The second-order valence-electron chi connectivity index (χ2n) is 4.81. The van der Waals surface area contributed by atoms with Crippen LogP contribution in [0.1, 0.15) is 35.9 Å². The fourth-order valence-electron chi connectivity index (χ4n) is 1.89. The summed E-state index contributed by atoms with van der Waals surface area (Å²) < 4.78 is 5.08. The first-order valence-electron chi connectivity index (χ1n) is 6.18. The van der Waals surface area contributed by atoms with Crippen LogP contribution < -0.4 is 0 Å². The van der Waals surface area contributed by atoms with E-state index in [-0.39, 0.29) is 25.0 Å². The number of nitrogens with zero attached hydrogens (tertiary/aromatic N) is 2. The number of carbonyl (C=O) groups excluding carboxylic acids is 1. The normalized spacial score (nSPS) is 19.7. The van der Waals surface area contributed by atoms with Gasteiger partial charge in [-0.05, 0) is 12.0 Å². The number of aromatic nitrogens is 2. The quantitative estimate of drug-likeness (QED) is 0.829. The molecule has 0 aromatic carbocycles. The Hall–Kier alpha value is -1.89. The summed E-state index contributed by atoms with van der Waals surface area (Å²) >= 11 is 0. The molecule has 1 atom stereocenters. The van der Waals surface area contributed by atoms with E-state index in [1.807, 2.05) is 13.8 Å². The molecule has 1 amide bonds. The van der Waals surface area contributed by atoms with Crippen molar-refractivity contribution in [3.63, 3.8) is 0 Å². The Morgan fingerprint density at radius 1 is 1.58 bits per heavy atom. The van der Waals surface area contributed by atoms with Gasteiger partial charge in [0.1, 0.15) is 5.69 Å². The highest BCUT2D eigenvalue weighted by atomic mass is 16.5. The summed E-state index contributed by atoms with van der Waals surface area (Å²) in [6.07, 6.45) is -0.957. The van der Waals surface area contributed by atoms with Crippen LogP contribution in [0.2, 0.25) is 0 Å². The number of hydrogen-bond donors (Lipinski definition) is 2. The van der Waals surface area contributed by atoms with Crippen molar-refractivity contribution in [1.29, 1.82) is 0 Å². The predicted octanol–water partition coefficient (Wildman–Crippen LogP) is 0.459. The van der Waals surface area contributed by atoms with Gasteiger partial charge in [-0.25, -0.2) is 4.79 Å². The highest BCUT2D eigenvalue weighted by Gasteiger charge is 2.30. The topological polar surface area (TPSA) is 95.5 Å². The zero-order valence-electron chi connectivity index (χ0n) is 10.9. The highest BCUT2D eigenvalue weighted by molar-refractivity contribution is 5.92. The van der Waals surface area contributed by atoms with E-state index in [4.69, 9.17) is 9.84 Å². The van der Waals surface area contributed by atoms with Crippen LogP contribution in [0.4, 0.5) is 0 Å². The molecule has 0 unspecified atom stereocenters. The van der Waals surface area contributed by atoms with Crippen molar-refractivity contribution in [2.45, 2.75) is 25.9 Å². The molecule has 1 fully saturated rings. The molecule has 0 radical (unpaired) electrons. The first kappa shape index (κ1) is 13.5. The van der Waals surface area contributed by atoms with E-state index >= 15 is 0 Å². The van der Waals surface area contributed by atoms with E-state index < -0.39 is 12.1 Å². The lowest BCUT2D eigenvalue weighted by Crippen LogP contribution is -2.48. The van der Waals surface area contributed by atoms with Crippen molar-refractivity contribution in [1.82, 2.24) is 15.1 Å². The fourth-order valence-corrected chi connectivity index (χ4v) is 1.89. The summed E-state index contributed by atoms with van der Waals surface area (Å²) in [6, 6.07) is 1.71. The summed E-state index contributed by atoms with van der Waals surface area (Å²) in [4.78, 5) is 24.5. The zero-order chi connectivity index (χ0) is 14.0. The summed E-state index contributed by atoms with van der Waals surface area (Å²) in [5.41, 5.74) is 1.20. The summed E-state index contributed by atoms with van der Waals surface area (Å²) in [7, 11) is 0. The average Bonchev–Trinajstić information content (AvgIpc) is 2.87. The van der Waals surface area contributed by atoms with E-state index in [0.717, 1.165) is 5.69 Å². The Labute approximate surface area is 110 Å². The maximum atomic E-state index is 12.2. The third-order valence-corrected chi connectivity index (χ3v) is 3.07. The Bertz CT molecular complexity index is 483. The van der Waals surface area contributed by atoms with Gasteiger partial charge < -0.3 is 14.7 Å². The van der Waals surface area contributed by atoms with Crippen molar-refractivity contribution in [3.05, 3.63) is 17.5 Å². The van der Waals surface area contributed by atoms with Gasteiger partial charge in [-0.3, -0.25) is 9.89 Å². The first-order valence-corrected chi connectivity index (χ1v) is 6.18. The van der Waals surface area contributed by atoms with Gasteiger partial charge in [0.05, 0.1) is 13.2 Å². The summed E-state index contributed by atoms with van der Waals surface area (Å²) in [5, 5.41) is 15.7. The lowest BCUT2D eigenvalue weighted by atomic mass is 10.1. The minimum Gasteiger partial charge on any atom is -0.479 e. The number of H-pyrrole nitrogens is 1. The lowest BCUT2D eigenvalue weighted by Gasteiger charge is -2.30. The predicted molar refractivity (Wildman–Crippen MR) is 66.0 cm³/mol. The average molecular weight is 267 g/mol. The van der Waals surface area contributed by atoms with Crippen LogP contribution in [0.3, 0.4) is 0 Å². The molecule has 2 rings (SSSR count).